The first-order valence-corrected chi connectivity index (χ1v) is 9.30. The van der Waals surface area contributed by atoms with Crippen molar-refractivity contribution in [3.05, 3.63) is 24.3 Å². The number of likely N-dealkylation sites (tertiary alicyclic amines) is 1. The minimum atomic E-state index is -0.497. The molecule has 0 saturated carbocycles. The van der Waals surface area contributed by atoms with Crippen LogP contribution in [0.25, 0.3) is 11.0 Å². The van der Waals surface area contributed by atoms with Crippen molar-refractivity contribution in [3.8, 4) is 5.88 Å². The lowest BCUT2D eigenvalue weighted by Gasteiger charge is -2.31. The summed E-state index contributed by atoms with van der Waals surface area (Å²) in [4.78, 5) is 25.6. The predicted molar refractivity (Wildman–Crippen MR) is 105 cm³/mol. The van der Waals surface area contributed by atoms with Gasteiger partial charge in [0.2, 0.25) is 0 Å². The van der Waals surface area contributed by atoms with Crippen LogP contribution in [-0.2, 0) is 4.74 Å². The molecule has 0 radical (unpaired) electrons. The normalized spacial score (nSPS) is 17.2. The third-order valence-electron chi connectivity index (χ3n) is 4.57. The summed E-state index contributed by atoms with van der Waals surface area (Å²) >= 11 is 0. The Kier molecular flexibility index (Phi) is 5.39. The highest BCUT2D eigenvalue weighted by molar-refractivity contribution is 5.77. The Bertz CT molecular complexity index is 818. The highest BCUT2D eigenvalue weighted by Gasteiger charge is 2.33. The molecule has 1 aromatic carbocycles. The number of amides is 1. The Labute approximate surface area is 160 Å². The van der Waals surface area contributed by atoms with Gasteiger partial charge in [0.05, 0.1) is 24.2 Å². The monoisotopic (exact) mass is 372 g/mol. The lowest BCUT2D eigenvalue weighted by atomic mass is 10.2. The van der Waals surface area contributed by atoms with Crippen LogP contribution in [0.5, 0.6) is 5.88 Å². The van der Waals surface area contributed by atoms with E-state index >= 15 is 0 Å². The van der Waals surface area contributed by atoms with Gasteiger partial charge in [-0.3, -0.25) is 0 Å². The van der Waals surface area contributed by atoms with Crippen molar-refractivity contribution in [3.63, 3.8) is 0 Å². The summed E-state index contributed by atoms with van der Waals surface area (Å²) in [5.74, 6) is 1.16. The molecule has 0 bridgehead atoms. The van der Waals surface area contributed by atoms with Crippen LogP contribution in [0, 0.1) is 0 Å². The molecule has 2 aromatic rings. The Morgan fingerprint density at radius 1 is 1.26 bits per heavy atom. The van der Waals surface area contributed by atoms with Gasteiger partial charge in [-0.15, -0.1) is 0 Å². The molecular formula is C20H28N4O3. The summed E-state index contributed by atoms with van der Waals surface area (Å²) in [6.07, 6.45) is 1.65. The number of carbonyl (C=O) groups is 1. The van der Waals surface area contributed by atoms with Gasteiger partial charge < -0.3 is 19.3 Å². The molecule has 7 heteroatoms. The molecule has 0 N–H and O–H groups in total. The standard InChI is InChI=1S/C20H28N4O3/c1-20(2,3)27-19(25)24-12-8-9-14(24)13-23(4)17-18(26-5)22-16-11-7-6-10-15(16)21-17/h6-7,10-11,14H,8-9,12-13H2,1-5H3/t14-/m1/s1. The number of nitrogens with zero attached hydrogens (tertiary/aromatic N) is 4. The molecule has 146 valence electrons. The Balaban J connectivity index is 1.79. The molecule has 1 aliphatic rings. The van der Waals surface area contributed by atoms with E-state index in [0.717, 1.165) is 23.9 Å². The average Bonchev–Trinajstić information content (AvgIpc) is 3.07. The number of ether oxygens (including phenoxy) is 2. The van der Waals surface area contributed by atoms with Crippen LogP contribution in [0.2, 0.25) is 0 Å². The van der Waals surface area contributed by atoms with Gasteiger partial charge in [-0.2, -0.15) is 0 Å². The SMILES string of the molecule is COc1nc2ccccc2nc1N(C)C[C@H]1CCCN1C(=O)OC(C)(C)C. The zero-order chi connectivity index (χ0) is 19.6. The van der Waals surface area contributed by atoms with Crippen LogP contribution >= 0.6 is 0 Å². The van der Waals surface area contributed by atoms with E-state index in [1.165, 1.54) is 0 Å². The van der Waals surface area contributed by atoms with Crippen molar-refractivity contribution in [2.45, 2.75) is 45.3 Å². The fraction of sp³-hybridized carbons (Fsp3) is 0.550. The lowest BCUT2D eigenvalue weighted by molar-refractivity contribution is 0.0232. The van der Waals surface area contributed by atoms with Crippen LogP contribution in [0.4, 0.5) is 10.6 Å². The van der Waals surface area contributed by atoms with Crippen molar-refractivity contribution in [1.29, 1.82) is 0 Å². The smallest absolute Gasteiger partial charge is 0.410 e. The Morgan fingerprint density at radius 2 is 1.93 bits per heavy atom. The van der Waals surface area contributed by atoms with Crippen LogP contribution in [0.1, 0.15) is 33.6 Å². The molecule has 1 aromatic heterocycles. The molecule has 1 atom stereocenters. The predicted octanol–water partition coefficient (Wildman–Crippen LogP) is 3.47. The number of hydrogen-bond acceptors (Lipinski definition) is 6. The summed E-state index contributed by atoms with van der Waals surface area (Å²) in [6.45, 7) is 7.02. The summed E-state index contributed by atoms with van der Waals surface area (Å²) < 4.78 is 11.0. The van der Waals surface area contributed by atoms with Gasteiger partial charge in [-0.05, 0) is 45.7 Å². The first-order chi connectivity index (χ1) is 12.8. The van der Waals surface area contributed by atoms with Gasteiger partial charge >= 0.3 is 6.09 Å². The number of hydrogen-bond donors (Lipinski definition) is 0. The number of fused-ring (bicyclic) bond motifs is 1. The number of benzene rings is 1. The molecule has 1 fully saturated rings. The highest BCUT2D eigenvalue weighted by atomic mass is 16.6. The minimum Gasteiger partial charge on any atom is -0.478 e. The van der Waals surface area contributed by atoms with Gasteiger partial charge in [0.25, 0.3) is 5.88 Å². The minimum absolute atomic E-state index is 0.0721. The first kappa shape index (κ1) is 19.2. The van der Waals surface area contributed by atoms with Crippen molar-refractivity contribution in [1.82, 2.24) is 14.9 Å². The zero-order valence-corrected chi connectivity index (χ0v) is 16.7. The summed E-state index contributed by atoms with van der Waals surface area (Å²) in [6, 6.07) is 7.78. The maximum absolute atomic E-state index is 12.5. The van der Waals surface area contributed by atoms with E-state index in [2.05, 4.69) is 4.98 Å². The van der Waals surface area contributed by atoms with Crippen molar-refractivity contribution in [2.75, 3.05) is 32.1 Å². The third-order valence-corrected chi connectivity index (χ3v) is 4.57. The van der Waals surface area contributed by atoms with E-state index in [0.29, 0.717) is 24.8 Å². The van der Waals surface area contributed by atoms with Gasteiger partial charge in [0.15, 0.2) is 5.82 Å². The number of rotatable bonds is 4. The van der Waals surface area contributed by atoms with Crippen LogP contribution in [0.3, 0.4) is 0 Å². The van der Waals surface area contributed by atoms with Gasteiger partial charge in [-0.1, -0.05) is 12.1 Å². The largest absolute Gasteiger partial charge is 0.478 e. The Hall–Kier alpha value is -2.57. The van der Waals surface area contributed by atoms with E-state index in [1.807, 2.05) is 61.9 Å². The molecule has 2 heterocycles. The molecule has 7 nitrogen and oxygen atoms in total. The van der Waals surface area contributed by atoms with E-state index in [1.54, 1.807) is 7.11 Å². The number of carbonyl (C=O) groups excluding carboxylic acids is 1. The summed E-state index contributed by atoms with van der Waals surface area (Å²) in [5.41, 5.74) is 1.11. The number of methoxy groups -OCH3 is 1. The second-order valence-corrected chi connectivity index (χ2v) is 7.90. The zero-order valence-electron chi connectivity index (χ0n) is 16.7. The van der Waals surface area contributed by atoms with Crippen molar-refractivity contribution < 1.29 is 14.3 Å². The number of anilines is 1. The molecule has 1 aliphatic heterocycles. The van der Waals surface area contributed by atoms with Gasteiger partial charge in [-0.25, -0.2) is 14.8 Å². The summed E-state index contributed by atoms with van der Waals surface area (Å²) in [5, 5.41) is 0. The maximum Gasteiger partial charge on any atom is 0.410 e. The molecule has 0 aliphatic carbocycles. The molecule has 27 heavy (non-hydrogen) atoms. The van der Waals surface area contributed by atoms with Crippen molar-refractivity contribution >= 4 is 22.9 Å². The molecule has 1 amide bonds. The quantitative estimate of drug-likeness (QED) is 0.819. The van der Waals surface area contributed by atoms with E-state index in [4.69, 9.17) is 14.5 Å². The van der Waals surface area contributed by atoms with E-state index in [-0.39, 0.29) is 12.1 Å². The summed E-state index contributed by atoms with van der Waals surface area (Å²) in [7, 11) is 3.55. The fourth-order valence-corrected chi connectivity index (χ4v) is 3.35. The number of para-hydroxylation sites is 2. The second-order valence-electron chi connectivity index (χ2n) is 7.90. The van der Waals surface area contributed by atoms with Gasteiger partial charge in [0, 0.05) is 20.1 Å². The van der Waals surface area contributed by atoms with E-state index < -0.39 is 5.60 Å². The molecular weight excluding hydrogens is 344 g/mol. The highest BCUT2D eigenvalue weighted by Crippen LogP contribution is 2.28. The first-order valence-electron chi connectivity index (χ1n) is 9.30. The van der Waals surface area contributed by atoms with Crippen molar-refractivity contribution in [2.24, 2.45) is 0 Å². The third kappa shape index (κ3) is 4.40. The van der Waals surface area contributed by atoms with Crippen LogP contribution < -0.4 is 9.64 Å². The second kappa shape index (κ2) is 7.58. The lowest BCUT2D eigenvalue weighted by Crippen LogP contribution is -2.44. The molecule has 1 saturated heterocycles. The average molecular weight is 372 g/mol. The molecule has 3 rings (SSSR count). The van der Waals surface area contributed by atoms with E-state index in [9.17, 15) is 4.79 Å². The molecule has 0 unspecified atom stereocenters. The number of aromatic nitrogens is 2. The van der Waals surface area contributed by atoms with Gasteiger partial charge in [0.1, 0.15) is 5.60 Å². The van der Waals surface area contributed by atoms with Crippen LogP contribution in [0.15, 0.2) is 24.3 Å². The molecule has 0 spiro atoms. The fourth-order valence-electron chi connectivity index (χ4n) is 3.35. The van der Waals surface area contributed by atoms with Crippen LogP contribution in [-0.4, -0.2) is 59.9 Å². The maximum atomic E-state index is 12.5. The Morgan fingerprint density at radius 3 is 2.56 bits per heavy atom. The topological polar surface area (TPSA) is 67.8 Å². The number of likely N-dealkylation sites (N-methyl/N-ethyl adjacent to an activating group) is 1.